The molecule has 1 heterocycles. The second kappa shape index (κ2) is 6.73. The topological polar surface area (TPSA) is 63.5 Å². The van der Waals surface area contributed by atoms with Gasteiger partial charge in [0.05, 0.1) is 11.6 Å². The number of carbonyl (C=O) groups excluding carboxylic acids is 1. The largest absolute Gasteiger partial charge is 0.490 e. The molecule has 118 valence electrons. The third kappa shape index (κ3) is 3.31. The molecule has 3 rings (SSSR count). The zero-order valence-electron chi connectivity index (χ0n) is 12.2. The second-order valence-electron chi connectivity index (χ2n) is 5.00. The molecule has 0 radical (unpaired) electrons. The van der Waals surface area contributed by atoms with E-state index in [1.807, 2.05) is 41.1 Å². The first-order chi connectivity index (χ1) is 11.2. The van der Waals surface area contributed by atoms with Crippen LogP contribution in [-0.4, -0.2) is 22.3 Å². The summed E-state index contributed by atoms with van der Waals surface area (Å²) in [6.07, 6.45) is 1.93. The number of nitrogens with one attached hydrogen (secondary N) is 1. The zero-order valence-corrected chi connectivity index (χ0v) is 13.0. The van der Waals surface area contributed by atoms with Gasteiger partial charge in [-0.25, -0.2) is 5.48 Å². The summed E-state index contributed by atoms with van der Waals surface area (Å²) < 4.78 is 7.67. The molecule has 0 unspecified atom stereocenters. The molecule has 0 aliphatic heterocycles. The van der Waals surface area contributed by atoms with Crippen molar-refractivity contribution in [2.45, 2.75) is 6.54 Å². The average Bonchev–Trinajstić information content (AvgIpc) is 2.98. The van der Waals surface area contributed by atoms with Crippen molar-refractivity contribution in [2.75, 3.05) is 6.61 Å². The number of halogens is 1. The van der Waals surface area contributed by atoms with E-state index in [-0.39, 0.29) is 0 Å². The maximum Gasteiger partial charge on any atom is 0.274 e. The minimum Gasteiger partial charge on any atom is -0.490 e. The molecule has 0 saturated carbocycles. The van der Waals surface area contributed by atoms with Crippen LogP contribution in [0.25, 0.3) is 10.9 Å². The van der Waals surface area contributed by atoms with Crippen molar-refractivity contribution in [3.8, 4) is 5.75 Å². The Hall–Kier alpha value is -2.50. The molecule has 2 N–H and O–H groups in total. The average molecular weight is 331 g/mol. The third-order valence-corrected chi connectivity index (χ3v) is 3.88. The minimum atomic E-state index is -0.535. The van der Waals surface area contributed by atoms with E-state index in [2.05, 4.69) is 0 Å². The van der Waals surface area contributed by atoms with E-state index in [0.29, 0.717) is 29.5 Å². The lowest BCUT2D eigenvalue weighted by atomic mass is 10.1. The van der Waals surface area contributed by atoms with E-state index >= 15 is 0 Å². The van der Waals surface area contributed by atoms with Gasteiger partial charge in [0.1, 0.15) is 12.4 Å². The zero-order chi connectivity index (χ0) is 16.2. The lowest BCUT2D eigenvalue weighted by Gasteiger charge is -2.10. The van der Waals surface area contributed by atoms with Crippen LogP contribution in [0.3, 0.4) is 0 Å². The molecule has 0 atom stereocenters. The van der Waals surface area contributed by atoms with Crippen molar-refractivity contribution >= 4 is 28.4 Å². The molecular formula is C17H15ClN2O3. The van der Waals surface area contributed by atoms with E-state index in [0.717, 1.165) is 10.9 Å². The number of benzene rings is 2. The number of carbonyl (C=O) groups is 1. The lowest BCUT2D eigenvalue weighted by Crippen LogP contribution is -2.18. The Morgan fingerprint density at radius 1 is 1.22 bits per heavy atom. The highest BCUT2D eigenvalue weighted by Gasteiger charge is 2.08. The molecule has 0 fully saturated rings. The molecule has 5 nitrogen and oxygen atoms in total. The summed E-state index contributed by atoms with van der Waals surface area (Å²) in [6, 6.07) is 14.5. The second-order valence-corrected chi connectivity index (χ2v) is 5.41. The molecule has 2 aromatic carbocycles. The van der Waals surface area contributed by atoms with Crippen LogP contribution in [0.2, 0.25) is 5.02 Å². The van der Waals surface area contributed by atoms with E-state index < -0.39 is 5.91 Å². The molecule has 3 aromatic rings. The van der Waals surface area contributed by atoms with Gasteiger partial charge in [0.15, 0.2) is 0 Å². The first kappa shape index (κ1) is 15.4. The van der Waals surface area contributed by atoms with Gasteiger partial charge in [-0.05, 0) is 35.7 Å². The summed E-state index contributed by atoms with van der Waals surface area (Å²) in [5, 5.41) is 10.3. The highest BCUT2D eigenvalue weighted by Crippen LogP contribution is 2.23. The fraction of sp³-hybridized carbons (Fsp3) is 0.118. The van der Waals surface area contributed by atoms with Crippen LogP contribution in [0, 0.1) is 0 Å². The van der Waals surface area contributed by atoms with Gasteiger partial charge in [-0.15, -0.1) is 0 Å². The summed E-state index contributed by atoms with van der Waals surface area (Å²) in [5.74, 6) is 0.109. The normalized spacial score (nSPS) is 10.7. The fourth-order valence-electron chi connectivity index (χ4n) is 2.40. The number of para-hydroxylation sites is 1. The monoisotopic (exact) mass is 330 g/mol. The van der Waals surface area contributed by atoms with Crippen LogP contribution in [0.15, 0.2) is 54.7 Å². The van der Waals surface area contributed by atoms with Crippen LogP contribution < -0.4 is 10.2 Å². The Kier molecular flexibility index (Phi) is 4.50. The fourth-order valence-corrected chi connectivity index (χ4v) is 2.59. The van der Waals surface area contributed by atoms with Crippen molar-refractivity contribution < 1.29 is 14.7 Å². The highest BCUT2D eigenvalue weighted by atomic mass is 35.5. The van der Waals surface area contributed by atoms with Gasteiger partial charge >= 0.3 is 0 Å². The number of hydroxylamine groups is 1. The number of ether oxygens (including phenoxy) is 1. The molecule has 0 spiro atoms. The van der Waals surface area contributed by atoms with Crippen molar-refractivity contribution in [2.24, 2.45) is 0 Å². The number of fused-ring (bicyclic) bond motifs is 1. The number of aromatic nitrogens is 1. The van der Waals surface area contributed by atoms with Crippen LogP contribution in [0.5, 0.6) is 5.75 Å². The van der Waals surface area contributed by atoms with E-state index in [1.54, 1.807) is 23.7 Å². The van der Waals surface area contributed by atoms with E-state index in [4.69, 9.17) is 21.5 Å². The van der Waals surface area contributed by atoms with Crippen LogP contribution >= 0.6 is 11.6 Å². The maximum absolute atomic E-state index is 11.5. The van der Waals surface area contributed by atoms with Gasteiger partial charge in [-0.1, -0.05) is 29.8 Å². The van der Waals surface area contributed by atoms with Gasteiger partial charge < -0.3 is 9.30 Å². The Morgan fingerprint density at radius 2 is 2.04 bits per heavy atom. The van der Waals surface area contributed by atoms with Crippen molar-refractivity contribution in [3.05, 3.63) is 65.3 Å². The molecule has 1 aromatic heterocycles. The van der Waals surface area contributed by atoms with Crippen LogP contribution in [0.4, 0.5) is 0 Å². The number of rotatable bonds is 5. The predicted octanol–water partition coefficient (Wildman–Crippen LogP) is 3.49. The third-order valence-electron chi connectivity index (χ3n) is 3.56. The van der Waals surface area contributed by atoms with Gasteiger partial charge in [0.25, 0.3) is 5.91 Å². The Labute approximate surface area is 138 Å². The molecule has 0 saturated heterocycles. The standard InChI is InChI=1S/C17H15ClN2O3/c18-14-3-1-2-4-16(14)23-10-9-20-8-7-12-5-6-13(11-15(12)20)17(21)19-22/h1-8,11,22H,9-10H2,(H,19,21). The Bertz CT molecular complexity index is 845. The number of amides is 1. The first-order valence-corrected chi connectivity index (χ1v) is 7.47. The van der Waals surface area contributed by atoms with Crippen molar-refractivity contribution in [1.82, 2.24) is 10.0 Å². The maximum atomic E-state index is 11.5. The molecule has 6 heteroatoms. The Morgan fingerprint density at radius 3 is 2.83 bits per heavy atom. The van der Waals surface area contributed by atoms with E-state index in [1.165, 1.54) is 0 Å². The SMILES string of the molecule is O=C(NO)c1ccc2ccn(CCOc3ccccc3Cl)c2c1. The van der Waals surface area contributed by atoms with Crippen LogP contribution in [0.1, 0.15) is 10.4 Å². The summed E-state index contributed by atoms with van der Waals surface area (Å²) in [4.78, 5) is 11.5. The van der Waals surface area contributed by atoms with Gasteiger partial charge in [0, 0.05) is 17.3 Å². The Balaban J connectivity index is 1.75. The number of hydrogen-bond acceptors (Lipinski definition) is 3. The summed E-state index contributed by atoms with van der Waals surface area (Å²) >= 11 is 6.05. The molecule has 0 aliphatic rings. The van der Waals surface area contributed by atoms with Crippen molar-refractivity contribution in [1.29, 1.82) is 0 Å². The lowest BCUT2D eigenvalue weighted by molar-refractivity contribution is 0.0706. The predicted molar refractivity (Wildman–Crippen MR) is 88.1 cm³/mol. The molecule has 0 bridgehead atoms. The molecule has 0 aliphatic carbocycles. The summed E-state index contributed by atoms with van der Waals surface area (Å²) in [6.45, 7) is 1.06. The molecule has 23 heavy (non-hydrogen) atoms. The van der Waals surface area contributed by atoms with E-state index in [9.17, 15) is 4.79 Å². The minimum absolute atomic E-state index is 0.395. The smallest absolute Gasteiger partial charge is 0.274 e. The first-order valence-electron chi connectivity index (χ1n) is 7.09. The number of hydrogen-bond donors (Lipinski definition) is 2. The van der Waals surface area contributed by atoms with Gasteiger partial charge in [-0.2, -0.15) is 0 Å². The quantitative estimate of drug-likeness (QED) is 0.556. The molecular weight excluding hydrogens is 316 g/mol. The number of nitrogens with zero attached hydrogens (tertiary/aromatic N) is 1. The van der Waals surface area contributed by atoms with Gasteiger partial charge in [0.2, 0.25) is 0 Å². The van der Waals surface area contributed by atoms with Gasteiger partial charge in [-0.3, -0.25) is 10.0 Å². The van der Waals surface area contributed by atoms with Crippen LogP contribution in [-0.2, 0) is 6.54 Å². The van der Waals surface area contributed by atoms with Crippen molar-refractivity contribution in [3.63, 3.8) is 0 Å². The summed E-state index contributed by atoms with van der Waals surface area (Å²) in [5.41, 5.74) is 2.93. The molecule has 1 amide bonds. The summed E-state index contributed by atoms with van der Waals surface area (Å²) in [7, 11) is 0. The highest BCUT2D eigenvalue weighted by molar-refractivity contribution is 6.32.